The molecule has 0 bridgehead atoms. The Morgan fingerprint density at radius 1 is 1.11 bits per heavy atom. The number of nitrogens with zero attached hydrogens (tertiary/aromatic N) is 2. The Balaban J connectivity index is 1.48. The van der Waals surface area contributed by atoms with Gasteiger partial charge in [-0.15, -0.1) is 0 Å². The van der Waals surface area contributed by atoms with E-state index in [-0.39, 0.29) is 17.9 Å². The maximum Gasteiger partial charge on any atom is 0.224 e. The summed E-state index contributed by atoms with van der Waals surface area (Å²) < 4.78 is 5.51. The van der Waals surface area contributed by atoms with Gasteiger partial charge in [-0.05, 0) is 50.3 Å². The molecule has 1 N–H and O–H groups in total. The Morgan fingerprint density at radius 3 is 2.46 bits per heavy atom. The van der Waals surface area contributed by atoms with Gasteiger partial charge in [0, 0.05) is 45.1 Å². The first-order valence-corrected chi connectivity index (χ1v) is 10.4. The Hall–Kier alpha value is -2.08. The molecule has 1 aromatic carbocycles. The molecule has 2 saturated heterocycles. The molecule has 1 aromatic rings. The molecule has 0 aromatic heterocycles. The van der Waals surface area contributed by atoms with Crippen molar-refractivity contribution in [2.75, 3.05) is 33.8 Å². The zero-order valence-electron chi connectivity index (χ0n) is 17.3. The van der Waals surface area contributed by atoms with E-state index in [4.69, 9.17) is 4.74 Å². The fourth-order valence-electron chi connectivity index (χ4n) is 4.62. The molecule has 2 atom stereocenters. The monoisotopic (exact) mass is 387 g/mol. The molecule has 2 heterocycles. The minimum absolute atomic E-state index is 0.00541. The van der Waals surface area contributed by atoms with E-state index < -0.39 is 0 Å². The fraction of sp³-hybridized carbons (Fsp3) is 0.636. The number of hydrogen-bond donors (Lipinski definition) is 1. The maximum absolute atomic E-state index is 12.8. The molecule has 0 spiro atoms. The Labute approximate surface area is 168 Å². The summed E-state index contributed by atoms with van der Waals surface area (Å²) in [6.45, 7) is 3.84. The first kappa shape index (κ1) is 20.6. The molecule has 154 valence electrons. The molecule has 6 heteroatoms. The van der Waals surface area contributed by atoms with Gasteiger partial charge in [0.05, 0.1) is 7.11 Å². The third-order valence-electron chi connectivity index (χ3n) is 6.41. The summed E-state index contributed by atoms with van der Waals surface area (Å²) in [5, 5.41) is 2.90. The summed E-state index contributed by atoms with van der Waals surface area (Å²) in [4.78, 5) is 28.3. The van der Waals surface area contributed by atoms with Crippen LogP contribution in [0.4, 0.5) is 0 Å². The van der Waals surface area contributed by atoms with Gasteiger partial charge in [0.15, 0.2) is 0 Å². The number of likely N-dealkylation sites (tertiary alicyclic amines) is 2. The quantitative estimate of drug-likeness (QED) is 0.814. The molecule has 28 heavy (non-hydrogen) atoms. The first-order chi connectivity index (χ1) is 13.5. The van der Waals surface area contributed by atoms with Crippen LogP contribution < -0.4 is 10.1 Å². The van der Waals surface area contributed by atoms with Crippen LogP contribution >= 0.6 is 0 Å². The van der Waals surface area contributed by atoms with Gasteiger partial charge in [-0.25, -0.2) is 0 Å². The van der Waals surface area contributed by atoms with Crippen molar-refractivity contribution in [3.05, 3.63) is 29.8 Å². The standard InChI is InChI=1S/C22H33N3O3/c1-16(26)23-15-19-9-8-18(24(19)2)14-22(27)25-12-10-17(11-13-25)20-6-4-5-7-21(20)28-3/h4-7,17-19H,8-15H2,1-3H3,(H,23,26)/t18-,19+/m0/s1. The minimum Gasteiger partial charge on any atom is -0.496 e. The van der Waals surface area contributed by atoms with Crippen molar-refractivity contribution in [1.29, 1.82) is 0 Å². The minimum atomic E-state index is 0.00541. The van der Waals surface area contributed by atoms with E-state index in [1.54, 1.807) is 14.0 Å². The van der Waals surface area contributed by atoms with Crippen molar-refractivity contribution in [2.45, 2.75) is 57.0 Å². The third-order valence-corrected chi connectivity index (χ3v) is 6.41. The predicted octanol–water partition coefficient (Wildman–Crippen LogP) is 2.39. The number of carbonyl (C=O) groups excluding carboxylic acids is 2. The molecule has 2 aliphatic heterocycles. The summed E-state index contributed by atoms with van der Waals surface area (Å²) in [7, 11) is 3.79. The van der Waals surface area contributed by atoms with Crippen LogP contribution in [0, 0.1) is 0 Å². The van der Waals surface area contributed by atoms with Gasteiger partial charge in [-0.3, -0.25) is 14.5 Å². The summed E-state index contributed by atoms with van der Waals surface area (Å²) in [6, 6.07) is 8.82. The average molecular weight is 388 g/mol. The zero-order chi connectivity index (χ0) is 20.1. The van der Waals surface area contributed by atoms with E-state index in [0.29, 0.717) is 24.9 Å². The van der Waals surface area contributed by atoms with E-state index in [9.17, 15) is 9.59 Å². The largest absolute Gasteiger partial charge is 0.496 e. The van der Waals surface area contributed by atoms with E-state index in [1.165, 1.54) is 5.56 Å². The molecular formula is C22H33N3O3. The second-order valence-electron chi connectivity index (χ2n) is 8.09. The predicted molar refractivity (Wildman–Crippen MR) is 109 cm³/mol. The van der Waals surface area contributed by atoms with Crippen LogP contribution in [0.1, 0.15) is 50.5 Å². The number of piperidine rings is 1. The second kappa shape index (κ2) is 9.41. The van der Waals surface area contributed by atoms with Crippen molar-refractivity contribution in [3.8, 4) is 5.75 Å². The van der Waals surface area contributed by atoms with Gasteiger partial charge in [-0.1, -0.05) is 18.2 Å². The number of carbonyl (C=O) groups is 2. The lowest BCUT2D eigenvalue weighted by molar-refractivity contribution is -0.133. The van der Waals surface area contributed by atoms with E-state index >= 15 is 0 Å². The smallest absolute Gasteiger partial charge is 0.224 e. The number of rotatable bonds is 6. The highest BCUT2D eigenvalue weighted by atomic mass is 16.5. The molecule has 0 radical (unpaired) electrons. The molecule has 6 nitrogen and oxygen atoms in total. The number of hydrogen-bond acceptors (Lipinski definition) is 4. The Morgan fingerprint density at radius 2 is 1.79 bits per heavy atom. The first-order valence-electron chi connectivity index (χ1n) is 10.4. The number of methoxy groups -OCH3 is 1. The second-order valence-corrected chi connectivity index (χ2v) is 8.09. The molecule has 3 rings (SSSR count). The van der Waals surface area contributed by atoms with Gasteiger partial charge in [-0.2, -0.15) is 0 Å². The lowest BCUT2D eigenvalue weighted by atomic mass is 9.88. The number of ether oxygens (including phenoxy) is 1. The van der Waals surface area contributed by atoms with Crippen molar-refractivity contribution >= 4 is 11.8 Å². The van der Waals surface area contributed by atoms with Crippen LogP contribution in [-0.4, -0.2) is 67.5 Å². The van der Waals surface area contributed by atoms with Crippen LogP contribution in [-0.2, 0) is 9.59 Å². The van der Waals surface area contributed by atoms with Crippen molar-refractivity contribution in [2.24, 2.45) is 0 Å². The van der Waals surface area contributed by atoms with Crippen molar-refractivity contribution in [3.63, 3.8) is 0 Å². The van der Waals surface area contributed by atoms with Crippen LogP contribution in [0.5, 0.6) is 5.75 Å². The van der Waals surface area contributed by atoms with Crippen molar-refractivity contribution < 1.29 is 14.3 Å². The SMILES string of the molecule is COc1ccccc1C1CCN(C(=O)C[C@@H]2CC[C@H](CNC(C)=O)N2C)CC1. The van der Waals surface area contributed by atoms with Gasteiger partial charge < -0.3 is 15.0 Å². The number of nitrogens with one attached hydrogen (secondary N) is 1. The normalized spacial score (nSPS) is 23.6. The average Bonchev–Trinajstić information content (AvgIpc) is 3.06. The molecule has 2 aliphatic rings. The van der Waals surface area contributed by atoms with E-state index in [0.717, 1.165) is 44.5 Å². The van der Waals surface area contributed by atoms with E-state index in [2.05, 4.69) is 29.4 Å². The number of likely N-dealkylation sites (N-methyl/N-ethyl adjacent to an activating group) is 1. The fourth-order valence-corrected chi connectivity index (χ4v) is 4.62. The number of para-hydroxylation sites is 1. The topological polar surface area (TPSA) is 61.9 Å². The molecule has 2 fully saturated rings. The highest BCUT2D eigenvalue weighted by Gasteiger charge is 2.33. The van der Waals surface area contributed by atoms with Gasteiger partial charge >= 0.3 is 0 Å². The molecule has 2 amide bonds. The zero-order valence-corrected chi connectivity index (χ0v) is 17.3. The summed E-state index contributed by atoms with van der Waals surface area (Å²) in [5.74, 6) is 1.67. The Bertz CT molecular complexity index is 685. The third kappa shape index (κ3) is 4.85. The van der Waals surface area contributed by atoms with Crippen molar-refractivity contribution in [1.82, 2.24) is 15.1 Å². The lowest BCUT2D eigenvalue weighted by Crippen LogP contribution is -2.44. The molecule has 0 saturated carbocycles. The van der Waals surface area contributed by atoms with Crippen LogP contribution in [0.25, 0.3) is 0 Å². The summed E-state index contributed by atoms with van der Waals surface area (Å²) >= 11 is 0. The molecular weight excluding hydrogens is 354 g/mol. The summed E-state index contributed by atoms with van der Waals surface area (Å²) in [6.07, 6.45) is 4.59. The van der Waals surface area contributed by atoms with Crippen LogP contribution in [0.3, 0.4) is 0 Å². The van der Waals surface area contributed by atoms with Crippen LogP contribution in [0.15, 0.2) is 24.3 Å². The highest BCUT2D eigenvalue weighted by molar-refractivity contribution is 5.77. The number of benzene rings is 1. The van der Waals surface area contributed by atoms with Crippen LogP contribution in [0.2, 0.25) is 0 Å². The van der Waals surface area contributed by atoms with Gasteiger partial charge in [0.1, 0.15) is 5.75 Å². The summed E-state index contributed by atoms with van der Waals surface area (Å²) in [5.41, 5.74) is 1.26. The van der Waals surface area contributed by atoms with Gasteiger partial charge in [0.2, 0.25) is 11.8 Å². The van der Waals surface area contributed by atoms with E-state index in [1.807, 2.05) is 17.0 Å². The lowest BCUT2D eigenvalue weighted by Gasteiger charge is -2.34. The Kier molecular flexibility index (Phi) is 6.94. The highest BCUT2D eigenvalue weighted by Crippen LogP contribution is 2.34. The van der Waals surface area contributed by atoms with Gasteiger partial charge in [0.25, 0.3) is 0 Å². The molecule has 0 aliphatic carbocycles. The molecule has 0 unspecified atom stereocenters. The number of amides is 2. The maximum atomic E-state index is 12.8.